The molecule has 7 heteroatoms. The Kier molecular flexibility index (Phi) is 4.14. The highest BCUT2D eigenvalue weighted by molar-refractivity contribution is 7.28. The van der Waals surface area contributed by atoms with E-state index in [9.17, 15) is 4.79 Å². The van der Waals surface area contributed by atoms with Crippen LogP contribution in [0, 0.1) is 0 Å². The second kappa shape index (κ2) is 6.29. The van der Waals surface area contributed by atoms with Crippen molar-refractivity contribution < 1.29 is 9.53 Å². The third-order valence-corrected chi connectivity index (χ3v) is 7.00. The van der Waals surface area contributed by atoms with Crippen molar-refractivity contribution >= 4 is 61.7 Å². The fraction of sp³-hybridized carbons (Fsp3) is 0.0588. The molecular weight excluding hydrogens is 382 g/mol. The molecule has 120 valence electrons. The minimum atomic E-state index is -0.382. The molecular formula is C17H10ClNO2S3. The number of thiophene rings is 2. The Balaban J connectivity index is 1.84. The van der Waals surface area contributed by atoms with E-state index >= 15 is 0 Å². The highest BCUT2D eigenvalue weighted by atomic mass is 35.5. The van der Waals surface area contributed by atoms with E-state index in [0.717, 1.165) is 19.6 Å². The quantitative estimate of drug-likeness (QED) is 0.383. The summed E-state index contributed by atoms with van der Waals surface area (Å²) < 4.78 is 7.21. The number of nitrogens with zero attached hydrogens (tertiary/aromatic N) is 1. The number of carbonyl (C=O) groups is 1. The van der Waals surface area contributed by atoms with Gasteiger partial charge in [-0.3, -0.25) is 4.79 Å². The molecule has 0 radical (unpaired) electrons. The molecule has 0 unspecified atom stereocenters. The average molecular weight is 392 g/mol. The Hall–Kier alpha value is -1.73. The Morgan fingerprint density at radius 2 is 1.92 bits per heavy atom. The van der Waals surface area contributed by atoms with Crippen LogP contribution in [0.3, 0.4) is 0 Å². The average Bonchev–Trinajstić information content (AvgIpc) is 3.23. The fourth-order valence-corrected chi connectivity index (χ4v) is 5.54. The number of ether oxygens (including phenoxy) is 1. The number of rotatable bonds is 3. The first kappa shape index (κ1) is 15.8. The molecule has 0 aliphatic carbocycles. The fourth-order valence-electron chi connectivity index (χ4n) is 2.30. The maximum Gasteiger partial charge on any atom is 0.309 e. The van der Waals surface area contributed by atoms with Gasteiger partial charge in [0.25, 0.3) is 0 Å². The van der Waals surface area contributed by atoms with Crippen molar-refractivity contribution in [2.45, 2.75) is 6.92 Å². The summed E-state index contributed by atoms with van der Waals surface area (Å²) in [5.74, 6) is -0.0365. The lowest BCUT2D eigenvalue weighted by Crippen LogP contribution is -2.02. The molecule has 0 aliphatic heterocycles. The summed E-state index contributed by atoms with van der Waals surface area (Å²) in [6.45, 7) is 1.38. The minimum Gasteiger partial charge on any atom is -0.406 e. The number of hydrogen-bond donors (Lipinski definition) is 0. The van der Waals surface area contributed by atoms with Crippen molar-refractivity contribution in [3.63, 3.8) is 0 Å². The molecule has 0 aliphatic rings. The highest BCUT2D eigenvalue weighted by Crippen LogP contribution is 2.45. The molecule has 0 spiro atoms. The second-order valence-corrected chi connectivity index (χ2v) is 8.80. The van der Waals surface area contributed by atoms with Crippen molar-refractivity contribution in [2.24, 2.45) is 0 Å². The van der Waals surface area contributed by atoms with Crippen LogP contribution in [0.5, 0.6) is 5.88 Å². The van der Waals surface area contributed by atoms with Crippen molar-refractivity contribution in [3.8, 4) is 25.5 Å². The van der Waals surface area contributed by atoms with E-state index in [4.69, 9.17) is 16.3 Å². The van der Waals surface area contributed by atoms with Gasteiger partial charge in [-0.15, -0.1) is 34.0 Å². The molecule has 0 bridgehead atoms. The highest BCUT2D eigenvalue weighted by Gasteiger charge is 2.19. The van der Waals surface area contributed by atoms with Gasteiger partial charge < -0.3 is 4.74 Å². The standard InChI is InChI=1S/C17H10ClNO2S3/c1-9(20)21-16-15(12-6-7-14(18)23-12)24-17(19-16)13-8-10-4-2-3-5-11(10)22-13/h2-8H,1H3. The molecule has 0 N–H and O–H groups in total. The van der Waals surface area contributed by atoms with Gasteiger partial charge in [-0.2, -0.15) is 4.98 Å². The summed E-state index contributed by atoms with van der Waals surface area (Å²) in [7, 11) is 0. The summed E-state index contributed by atoms with van der Waals surface area (Å²) in [6.07, 6.45) is 0. The smallest absolute Gasteiger partial charge is 0.309 e. The Morgan fingerprint density at radius 3 is 2.62 bits per heavy atom. The third kappa shape index (κ3) is 2.98. The van der Waals surface area contributed by atoms with Gasteiger partial charge in [0, 0.05) is 11.6 Å². The van der Waals surface area contributed by atoms with Crippen molar-refractivity contribution in [2.75, 3.05) is 0 Å². The molecule has 4 rings (SSSR count). The topological polar surface area (TPSA) is 39.2 Å². The van der Waals surface area contributed by atoms with E-state index in [1.807, 2.05) is 24.3 Å². The number of benzene rings is 1. The summed E-state index contributed by atoms with van der Waals surface area (Å²) >= 11 is 10.7. The predicted molar refractivity (Wildman–Crippen MR) is 103 cm³/mol. The van der Waals surface area contributed by atoms with Crippen LogP contribution in [-0.2, 0) is 4.79 Å². The zero-order valence-corrected chi connectivity index (χ0v) is 15.6. The van der Waals surface area contributed by atoms with Gasteiger partial charge in [-0.1, -0.05) is 29.8 Å². The predicted octanol–water partition coefficient (Wildman–Crippen LogP) is 6.33. The van der Waals surface area contributed by atoms with Crippen LogP contribution >= 0.6 is 45.6 Å². The zero-order chi connectivity index (χ0) is 16.7. The van der Waals surface area contributed by atoms with E-state index in [-0.39, 0.29) is 5.97 Å². The molecule has 4 aromatic rings. The zero-order valence-electron chi connectivity index (χ0n) is 12.4. The molecule has 0 atom stereocenters. The third-order valence-electron chi connectivity index (χ3n) is 3.27. The molecule has 3 heterocycles. The van der Waals surface area contributed by atoms with Crippen LogP contribution in [0.2, 0.25) is 4.34 Å². The van der Waals surface area contributed by atoms with Crippen LogP contribution in [0.1, 0.15) is 6.92 Å². The Morgan fingerprint density at radius 1 is 1.08 bits per heavy atom. The Labute approximate surface area is 155 Å². The number of aromatic nitrogens is 1. The molecule has 0 saturated carbocycles. The normalized spacial score (nSPS) is 11.1. The van der Waals surface area contributed by atoms with E-state index < -0.39 is 0 Å². The van der Waals surface area contributed by atoms with Gasteiger partial charge in [-0.25, -0.2) is 0 Å². The number of thiazole rings is 1. The molecule has 3 nitrogen and oxygen atoms in total. The molecule has 0 saturated heterocycles. The summed E-state index contributed by atoms with van der Waals surface area (Å²) in [5.41, 5.74) is 0. The minimum absolute atomic E-state index is 0.346. The van der Waals surface area contributed by atoms with Gasteiger partial charge in [-0.05, 0) is 29.7 Å². The van der Waals surface area contributed by atoms with Crippen LogP contribution in [0.15, 0.2) is 42.5 Å². The monoisotopic (exact) mass is 391 g/mol. The van der Waals surface area contributed by atoms with Gasteiger partial charge in [0.2, 0.25) is 5.88 Å². The SMILES string of the molecule is CC(=O)Oc1nc(-c2cc3ccccc3s2)sc1-c1ccc(Cl)s1. The Bertz CT molecular complexity index is 1010. The molecule has 0 fully saturated rings. The summed E-state index contributed by atoms with van der Waals surface area (Å²) in [6, 6.07) is 14.1. The van der Waals surface area contributed by atoms with E-state index in [2.05, 4.69) is 23.2 Å². The summed E-state index contributed by atoms with van der Waals surface area (Å²) in [5, 5.41) is 2.02. The van der Waals surface area contributed by atoms with Crippen molar-refractivity contribution in [1.29, 1.82) is 0 Å². The number of hydrogen-bond acceptors (Lipinski definition) is 6. The number of esters is 1. The maximum absolute atomic E-state index is 11.4. The van der Waals surface area contributed by atoms with Gasteiger partial charge >= 0.3 is 5.97 Å². The number of halogens is 1. The first-order chi connectivity index (χ1) is 11.6. The first-order valence-electron chi connectivity index (χ1n) is 7.04. The van der Waals surface area contributed by atoms with Crippen LogP contribution in [0.25, 0.3) is 29.7 Å². The number of fused-ring (bicyclic) bond motifs is 1. The van der Waals surface area contributed by atoms with E-state index in [1.165, 1.54) is 39.7 Å². The van der Waals surface area contributed by atoms with Crippen molar-refractivity contribution in [1.82, 2.24) is 4.98 Å². The van der Waals surface area contributed by atoms with Crippen LogP contribution in [0.4, 0.5) is 0 Å². The van der Waals surface area contributed by atoms with Crippen LogP contribution < -0.4 is 4.74 Å². The molecule has 0 amide bonds. The lowest BCUT2D eigenvalue weighted by Gasteiger charge is -1.98. The molecule has 24 heavy (non-hydrogen) atoms. The lowest BCUT2D eigenvalue weighted by molar-refractivity contribution is -0.132. The summed E-state index contributed by atoms with van der Waals surface area (Å²) in [4.78, 5) is 18.8. The van der Waals surface area contributed by atoms with Crippen LogP contribution in [-0.4, -0.2) is 11.0 Å². The van der Waals surface area contributed by atoms with E-state index in [0.29, 0.717) is 10.2 Å². The van der Waals surface area contributed by atoms with Gasteiger partial charge in [0.05, 0.1) is 14.1 Å². The lowest BCUT2D eigenvalue weighted by atomic mass is 10.2. The van der Waals surface area contributed by atoms with Gasteiger partial charge in [0.15, 0.2) is 0 Å². The van der Waals surface area contributed by atoms with E-state index in [1.54, 1.807) is 11.3 Å². The number of carbonyl (C=O) groups excluding carboxylic acids is 1. The second-order valence-electron chi connectivity index (χ2n) is 5.00. The van der Waals surface area contributed by atoms with Gasteiger partial charge in [0.1, 0.15) is 9.88 Å². The molecule has 3 aromatic heterocycles. The maximum atomic E-state index is 11.4. The molecule has 1 aromatic carbocycles. The van der Waals surface area contributed by atoms with Crippen molar-refractivity contribution in [3.05, 3.63) is 46.8 Å². The first-order valence-corrected chi connectivity index (χ1v) is 9.87. The largest absolute Gasteiger partial charge is 0.406 e.